The summed E-state index contributed by atoms with van der Waals surface area (Å²) in [6.07, 6.45) is 2.26. The molecule has 0 atom stereocenters. The van der Waals surface area contributed by atoms with Crippen LogP contribution in [0.1, 0.15) is 11.3 Å². The molecule has 0 N–H and O–H groups in total. The Bertz CT molecular complexity index is 456. The fourth-order valence-corrected chi connectivity index (χ4v) is 1.71. The van der Waals surface area contributed by atoms with Gasteiger partial charge >= 0.3 is 0 Å². The van der Waals surface area contributed by atoms with Crippen LogP contribution in [0.4, 0.5) is 0 Å². The molecule has 0 aliphatic heterocycles. The highest BCUT2D eigenvalue weighted by molar-refractivity contribution is 9.10. The minimum Gasteiger partial charge on any atom is -0.241 e. The van der Waals surface area contributed by atoms with Gasteiger partial charge in [-0.2, -0.15) is 0 Å². The molecule has 2 nitrogen and oxygen atoms in total. The molecule has 1 aromatic carbocycles. The zero-order valence-electron chi connectivity index (χ0n) is 7.82. The van der Waals surface area contributed by atoms with Gasteiger partial charge in [-0.15, -0.1) is 0 Å². The van der Waals surface area contributed by atoms with Gasteiger partial charge in [0.05, 0.1) is 0 Å². The molecule has 0 amide bonds. The Kier molecular flexibility index (Phi) is 3.34. The number of hydrogen-bond donors (Lipinski definition) is 0. The summed E-state index contributed by atoms with van der Waals surface area (Å²) >= 11 is 9.17. The zero-order chi connectivity index (χ0) is 10.7. The first kappa shape index (κ1) is 10.6. The molecule has 0 spiro atoms. The van der Waals surface area contributed by atoms with Crippen LogP contribution >= 0.6 is 27.5 Å². The first-order valence-corrected chi connectivity index (χ1v) is 5.62. The van der Waals surface area contributed by atoms with Crippen molar-refractivity contribution in [1.29, 1.82) is 0 Å². The fraction of sp³-hybridized carbons (Fsp3) is 0.0909. The maximum atomic E-state index is 5.78. The summed E-state index contributed by atoms with van der Waals surface area (Å²) in [4.78, 5) is 7.99. The van der Waals surface area contributed by atoms with Crippen molar-refractivity contribution in [2.24, 2.45) is 0 Å². The van der Waals surface area contributed by atoms with Gasteiger partial charge in [0.15, 0.2) is 0 Å². The Balaban J connectivity index is 2.18. The Morgan fingerprint density at radius 2 is 1.87 bits per heavy atom. The summed E-state index contributed by atoms with van der Waals surface area (Å²) in [6, 6.07) is 9.92. The Morgan fingerprint density at radius 3 is 2.53 bits per heavy atom. The first-order valence-electron chi connectivity index (χ1n) is 4.45. The standard InChI is InChI=1S/C11H8BrClN2/c12-9-3-1-8(2-4-9)5-10-6-11(13)15-7-14-10/h1-4,6-7H,5H2. The van der Waals surface area contributed by atoms with E-state index >= 15 is 0 Å². The number of rotatable bonds is 2. The van der Waals surface area contributed by atoms with E-state index in [-0.39, 0.29) is 0 Å². The van der Waals surface area contributed by atoms with E-state index in [0.29, 0.717) is 5.15 Å². The van der Waals surface area contributed by atoms with Gasteiger partial charge < -0.3 is 0 Å². The average molecular weight is 284 g/mol. The highest BCUT2D eigenvalue weighted by Crippen LogP contribution is 2.14. The van der Waals surface area contributed by atoms with Crippen LogP contribution in [-0.2, 0) is 6.42 Å². The van der Waals surface area contributed by atoms with E-state index in [4.69, 9.17) is 11.6 Å². The lowest BCUT2D eigenvalue weighted by molar-refractivity contribution is 1.03. The number of aromatic nitrogens is 2. The molecule has 0 bridgehead atoms. The SMILES string of the molecule is Clc1cc(Cc2ccc(Br)cc2)ncn1. The molecule has 0 aliphatic carbocycles. The quantitative estimate of drug-likeness (QED) is 0.789. The van der Waals surface area contributed by atoms with Crippen LogP contribution in [-0.4, -0.2) is 9.97 Å². The van der Waals surface area contributed by atoms with Crippen LogP contribution in [0.5, 0.6) is 0 Å². The molecule has 0 fully saturated rings. The van der Waals surface area contributed by atoms with Crippen molar-refractivity contribution in [2.75, 3.05) is 0 Å². The van der Waals surface area contributed by atoms with E-state index in [1.54, 1.807) is 6.07 Å². The Morgan fingerprint density at radius 1 is 1.13 bits per heavy atom. The van der Waals surface area contributed by atoms with Gasteiger partial charge in [0.25, 0.3) is 0 Å². The van der Waals surface area contributed by atoms with Crippen molar-refractivity contribution < 1.29 is 0 Å². The van der Waals surface area contributed by atoms with Gasteiger partial charge in [-0.05, 0) is 23.8 Å². The molecule has 2 rings (SSSR count). The smallest absolute Gasteiger partial charge is 0.132 e. The molecular weight excluding hydrogens is 275 g/mol. The number of benzene rings is 1. The van der Waals surface area contributed by atoms with Crippen LogP contribution in [0.3, 0.4) is 0 Å². The summed E-state index contributed by atoms with van der Waals surface area (Å²) in [5, 5.41) is 0.483. The molecule has 0 radical (unpaired) electrons. The van der Waals surface area contributed by atoms with E-state index in [9.17, 15) is 0 Å². The van der Waals surface area contributed by atoms with Gasteiger partial charge in [-0.25, -0.2) is 9.97 Å². The summed E-state index contributed by atoms with van der Waals surface area (Å²) in [6.45, 7) is 0. The van der Waals surface area contributed by atoms with Crippen molar-refractivity contribution in [3.63, 3.8) is 0 Å². The second-order valence-corrected chi connectivity index (χ2v) is 4.44. The van der Waals surface area contributed by atoms with E-state index in [1.165, 1.54) is 11.9 Å². The van der Waals surface area contributed by atoms with E-state index in [1.807, 2.05) is 12.1 Å². The van der Waals surface area contributed by atoms with Gasteiger partial charge in [-0.1, -0.05) is 39.7 Å². The third-order valence-corrected chi connectivity index (χ3v) is 2.72. The summed E-state index contributed by atoms with van der Waals surface area (Å²) in [5.74, 6) is 0. The van der Waals surface area contributed by atoms with Gasteiger partial charge in [0, 0.05) is 16.6 Å². The van der Waals surface area contributed by atoms with Crippen molar-refractivity contribution >= 4 is 27.5 Å². The zero-order valence-corrected chi connectivity index (χ0v) is 10.2. The van der Waals surface area contributed by atoms with Crippen molar-refractivity contribution in [3.05, 3.63) is 57.5 Å². The maximum absolute atomic E-state index is 5.78. The number of nitrogens with zero attached hydrogens (tertiary/aromatic N) is 2. The minimum atomic E-state index is 0.483. The third kappa shape index (κ3) is 3.01. The molecular formula is C11H8BrClN2. The third-order valence-electron chi connectivity index (χ3n) is 1.99. The lowest BCUT2D eigenvalue weighted by atomic mass is 10.1. The number of halogens is 2. The summed E-state index contributed by atoms with van der Waals surface area (Å²) < 4.78 is 1.08. The molecule has 4 heteroatoms. The molecule has 76 valence electrons. The van der Waals surface area contributed by atoms with Crippen LogP contribution in [0.25, 0.3) is 0 Å². The second kappa shape index (κ2) is 4.73. The lowest BCUT2D eigenvalue weighted by Crippen LogP contribution is -1.92. The van der Waals surface area contributed by atoms with Crippen molar-refractivity contribution in [1.82, 2.24) is 9.97 Å². The van der Waals surface area contributed by atoms with E-state index < -0.39 is 0 Å². The average Bonchev–Trinajstić information content (AvgIpc) is 2.22. The molecule has 1 aromatic heterocycles. The topological polar surface area (TPSA) is 25.8 Å². The molecule has 0 aliphatic rings. The monoisotopic (exact) mass is 282 g/mol. The maximum Gasteiger partial charge on any atom is 0.132 e. The molecule has 2 aromatic rings. The van der Waals surface area contributed by atoms with Gasteiger partial charge in [-0.3, -0.25) is 0 Å². The normalized spacial score (nSPS) is 10.3. The highest BCUT2D eigenvalue weighted by atomic mass is 79.9. The van der Waals surface area contributed by atoms with Crippen LogP contribution in [0.15, 0.2) is 41.1 Å². The Labute approximate surface area is 101 Å². The molecule has 0 unspecified atom stereocenters. The molecule has 1 heterocycles. The van der Waals surface area contributed by atoms with Crippen LogP contribution in [0.2, 0.25) is 5.15 Å². The number of hydrogen-bond acceptors (Lipinski definition) is 2. The van der Waals surface area contributed by atoms with Gasteiger partial charge in [0.2, 0.25) is 0 Å². The Hall–Kier alpha value is -0.930. The first-order chi connectivity index (χ1) is 7.24. The van der Waals surface area contributed by atoms with E-state index in [0.717, 1.165) is 16.6 Å². The largest absolute Gasteiger partial charge is 0.241 e. The van der Waals surface area contributed by atoms with Crippen LogP contribution in [0, 0.1) is 0 Å². The van der Waals surface area contributed by atoms with Crippen LogP contribution < -0.4 is 0 Å². The fourth-order valence-electron chi connectivity index (χ4n) is 1.28. The van der Waals surface area contributed by atoms with E-state index in [2.05, 4.69) is 38.0 Å². The van der Waals surface area contributed by atoms with Crippen molar-refractivity contribution in [3.8, 4) is 0 Å². The lowest BCUT2D eigenvalue weighted by Gasteiger charge is -2.01. The van der Waals surface area contributed by atoms with Gasteiger partial charge in [0.1, 0.15) is 11.5 Å². The highest BCUT2D eigenvalue weighted by Gasteiger charge is 1.99. The predicted octanol–water partition coefficient (Wildman–Crippen LogP) is 3.48. The summed E-state index contributed by atoms with van der Waals surface area (Å²) in [5.41, 5.74) is 2.13. The summed E-state index contributed by atoms with van der Waals surface area (Å²) in [7, 11) is 0. The minimum absolute atomic E-state index is 0.483. The molecule has 0 saturated carbocycles. The molecule has 0 saturated heterocycles. The predicted molar refractivity (Wildman–Crippen MR) is 64.0 cm³/mol. The van der Waals surface area contributed by atoms with Crippen molar-refractivity contribution in [2.45, 2.75) is 6.42 Å². The molecule has 15 heavy (non-hydrogen) atoms. The second-order valence-electron chi connectivity index (χ2n) is 3.14.